The second-order valence-electron chi connectivity index (χ2n) is 1.16. The summed E-state index contributed by atoms with van der Waals surface area (Å²) in [6.45, 7) is 0. The lowest BCUT2D eigenvalue weighted by Gasteiger charge is -1.90. The monoisotopic (exact) mass is 127 g/mol. The summed E-state index contributed by atoms with van der Waals surface area (Å²) in [5, 5.41) is 10.7. The third kappa shape index (κ3) is 1.25. The van der Waals surface area contributed by atoms with Gasteiger partial charge < -0.3 is 9.68 Å². The van der Waals surface area contributed by atoms with Gasteiger partial charge in [-0.15, -0.1) is 11.3 Å². The topological polar surface area (TPSA) is 29.5 Å². The molecule has 0 atom stereocenters. The summed E-state index contributed by atoms with van der Waals surface area (Å²) < 4.78 is 4.59. The van der Waals surface area contributed by atoms with Crippen molar-refractivity contribution in [3.05, 3.63) is 17.5 Å². The van der Waals surface area contributed by atoms with Gasteiger partial charge in [-0.3, -0.25) is 0 Å². The van der Waals surface area contributed by atoms with Crippen LogP contribution in [0.3, 0.4) is 0 Å². The van der Waals surface area contributed by atoms with Gasteiger partial charge in [0.1, 0.15) is 0 Å². The van der Waals surface area contributed by atoms with Crippen molar-refractivity contribution < 1.29 is 9.68 Å². The standard InChI is InChI=1S/C4H4BO2S/c6-5-7-4-2-1-3-8-4/h1-3,6H. The summed E-state index contributed by atoms with van der Waals surface area (Å²) in [5.74, 6) is 0. The Kier molecular flexibility index (Phi) is 1.94. The van der Waals surface area contributed by atoms with Gasteiger partial charge in [0, 0.05) is 0 Å². The molecule has 0 spiro atoms. The lowest BCUT2D eigenvalue weighted by atomic mass is 10.4. The minimum atomic E-state index is 0.672. The highest BCUT2D eigenvalue weighted by atomic mass is 32.1. The summed E-state index contributed by atoms with van der Waals surface area (Å²) in [4.78, 5) is 0. The average Bonchev–Trinajstić information content (AvgIpc) is 2.19. The highest BCUT2D eigenvalue weighted by Gasteiger charge is 1.90. The minimum Gasteiger partial charge on any atom is -0.530 e. The molecular weight excluding hydrogens is 123 g/mol. The normalized spacial score (nSPS) is 8.62. The largest absolute Gasteiger partial charge is 0.569 e. The van der Waals surface area contributed by atoms with E-state index in [4.69, 9.17) is 5.02 Å². The van der Waals surface area contributed by atoms with Gasteiger partial charge in [0.25, 0.3) is 0 Å². The zero-order chi connectivity index (χ0) is 5.82. The molecule has 1 radical (unpaired) electrons. The van der Waals surface area contributed by atoms with Gasteiger partial charge in [0.2, 0.25) is 0 Å². The minimum absolute atomic E-state index is 0.672. The van der Waals surface area contributed by atoms with E-state index in [-0.39, 0.29) is 0 Å². The van der Waals surface area contributed by atoms with E-state index in [1.54, 1.807) is 6.07 Å². The summed E-state index contributed by atoms with van der Waals surface area (Å²) in [5.41, 5.74) is 0. The van der Waals surface area contributed by atoms with Crippen LogP contribution < -0.4 is 4.65 Å². The molecule has 0 aliphatic rings. The van der Waals surface area contributed by atoms with Crippen LogP contribution in [0.5, 0.6) is 5.06 Å². The van der Waals surface area contributed by atoms with Crippen molar-refractivity contribution in [2.45, 2.75) is 0 Å². The Morgan fingerprint density at radius 1 is 1.75 bits per heavy atom. The highest BCUT2D eigenvalue weighted by molar-refractivity contribution is 7.11. The number of thiophene rings is 1. The predicted molar refractivity (Wildman–Crippen MR) is 32.9 cm³/mol. The van der Waals surface area contributed by atoms with Gasteiger partial charge in [0.15, 0.2) is 5.06 Å². The maximum absolute atomic E-state index is 8.10. The molecule has 0 saturated heterocycles. The first-order chi connectivity index (χ1) is 3.93. The van der Waals surface area contributed by atoms with Crippen molar-refractivity contribution in [1.29, 1.82) is 0 Å². The Bertz CT molecular complexity index is 140. The average molecular weight is 127 g/mol. The lowest BCUT2D eigenvalue weighted by Crippen LogP contribution is -1.96. The molecule has 0 aliphatic heterocycles. The van der Waals surface area contributed by atoms with Crippen molar-refractivity contribution >= 4 is 19.0 Å². The van der Waals surface area contributed by atoms with Crippen LogP contribution in [0.1, 0.15) is 0 Å². The Balaban J connectivity index is 2.50. The number of rotatable bonds is 2. The zero-order valence-corrected chi connectivity index (χ0v) is 4.89. The van der Waals surface area contributed by atoms with Crippen LogP contribution in [0.2, 0.25) is 0 Å². The van der Waals surface area contributed by atoms with Gasteiger partial charge in [-0.1, -0.05) is 0 Å². The van der Waals surface area contributed by atoms with Crippen LogP contribution in [0, 0.1) is 0 Å². The molecule has 0 saturated carbocycles. The van der Waals surface area contributed by atoms with Crippen molar-refractivity contribution in [2.75, 3.05) is 0 Å². The Hall–Kier alpha value is -0.475. The summed E-state index contributed by atoms with van der Waals surface area (Å²) >= 11 is 1.43. The molecule has 41 valence electrons. The van der Waals surface area contributed by atoms with Gasteiger partial charge in [-0.25, -0.2) is 0 Å². The molecule has 0 unspecified atom stereocenters. The van der Waals surface area contributed by atoms with E-state index in [2.05, 4.69) is 4.65 Å². The molecule has 1 aromatic rings. The first kappa shape index (κ1) is 5.66. The van der Waals surface area contributed by atoms with Gasteiger partial charge in [-0.2, -0.15) is 0 Å². The van der Waals surface area contributed by atoms with E-state index < -0.39 is 0 Å². The fourth-order valence-corrected chi connectivity index (χ4v) is 0.929. The first-order valence-corrected chi connectivity index (χ1v) is 2.97. The van der Waals surface area contributed by atoms with Crippen LogP contribution in [0.25, 0.3) is 0 Å². The van der Waals surface area contributed by atoms with E-state index in [9.17, 15) is 0 Å². The maximum Gasteiger partial charge on any atom is 0.569 e. The molecule has 8 heavy (non-hydrogen) atoms. The predicted octanol–water partition coefficient (Wildman–Crippen LogP) is 0.653. The van der Waals surface area contributed by atoms with Crippen molar-refractivity contribution in [2.24, 2.45) is 0 Å². The molecule has 1 heterocycles. The van der Waals surface area contributed by atoms with Crippen LogP contribution in [-0.2, 0) is 0 Å². The Morgan fingerprint density at radius 2 is 2.62 bits per heavy atom. The lowest BCUT2D eigenvalue weighted by molar-refractivity contribution is 0.461. The van der Waals surface area contributed by atoms with Gasteiger partial charge >= 0.3 is 7.69 Å². The molecule has 0 bridgehead atoms. The Morgan fingerprint density at radius 3 is 3.12 bits per heavy atom. The number of hydrogen-bond acceptors (Lipinski definition) is 3. The van der Waals surface area contributed by atoms with E-state index in [1.165, 1.54) is 11.3 Å². The maximum atomic E-state index is 8.10. The first-order valence-electron chi connectivity index (χ1n) is 2.09. The fraction of sp³-hybridized carbons (Fsp3) is 0. The molecule has 0 amide bonds. The van der Waals surface area contributed by atoms with Gasteiger partial charge in [-0.05, 0) is 17.5 Å². The van der Waals surface area contributed by atoms with Crippen molar-refractivity contribution in [1.82, 2.24) is 0 Å². The smallest absolute Gasteiger partial charge is 0.530 e. The SMILES string of the molecule is O[B]Oc1cccs1. The number of hydrogen-bond donors (Lipinski definition) is 1. The summed E-state index contributed by atoms with van der Waals surface area (Å²) in [6, 6.07) is 3.63. The second kappa shape index (κ2) is 2.74. The highest BCUT2D eigenvalue weighted by Crippen LogP contribution is 2.16. The Labute approximate surface area is 52.0 Å². The third-order valence-electron chi connectivity index (χ3n) is 0.664. The molecule has 4 heteroatoms. The van der Waals surface area contributed by atoms with E-state index in [0.29, 0.717) is 12.7 Å². The second-order valence-corrected chi connectivity index (χ2v) is 2.07. The van der Waals surface area contributed by atoms with E-state index in [1.807, 2.05) is 11.4 Å². The van der Waals surface area contributed by atoms with Crippen LogP contribution in [0.4, 0.5) is 0 Å². The van der Waals surface area contributed by atoms with E-state index in [0.717, 1.165) is 0 Å². The molecule has 0 aromatic carbocycles. The molecule has 1 aromatic heterocycles. The van der Waals surface area contributed by atoms with Gasteiger partial charge in [0.05, 0.1) is 0 Å². The summed E-state index contributed by atoms with van der Waals surface area (Å²) in [6.07, 6.45) is 0. The quantitative estimate of drug-likeness (QED) is 0.591. The molecule has 1 N–H and O–H groups in total. The molecule has 0 aliphatic carbocycles. The molecule has 0 fully saturated rings. The molecule has 1 rings (SSSR count). The fourth-order valence-electron chi connectivity index (χ4n) is 0.382. The van der Waals surface area contributed by atoms with E-state index >= 15 is 0 Å². The van der Waals surface area contributed by atoms with Crippen LogP contribution in [-0.4, -0.2) is 12.7 Å². The van der Waals surface area contributed by atoms with Crippen LogP contribution >= 0.6 is 11.3 Å². The van der Waals surface area contributed by atoms with Crippen molar-refractivity contribution in [3.63, 3.8) is 0 Å². The van der Waals surface area contributed by atoms with Crippen LogP contribution in [0.15, 0.2) is 17.5 Å². The zero-order valence-electron chi connectivity index (χ0n) is 4.07. The third-order valence-corrected chi connectivity index (χ3v) is 1.42. The molecular formula is C4H4BO2S. The summed E-state index contributed by atoms with van der Waals surface area (Å²) in [7, 11) is 0.672. The van der Waals surface area contributed by atoms with Crippen molar-refractivity contribution in [3.8, 4) is 5.06 Å². The molecule has 2 nitrogen and oxygen atoms in total.